The van der Waals surface area contributed by atoms with E-state index in [1.807, 2.05) is 41.5 Å². The highest BCUT2D eigenvalue weighted by Crippen LogP contribution is 2.34. The van der Waals surface area contributed by atoms with E-state index in [1.54, 1.807) is 41.5 Å². The van der Waals surface area contributed by atoms with Crippen molar-refractivity contribution < 1.29 is 81.1 Å². The summed E-state index contributed by atoms with van der Waals surface area (Å²) < 4.78 is 35.8. The Bertz CT molecular complexity index is 1410. The van der Waals surface area contributed by atoms with Crippen LogP contribution in [0.3, 0.4) is 0 Å². The Hall–Kier alpha value is -4.28. The Balaban J connectivity index is -0.000000291. The van der Waals surface area contributed by atoms with Crippen LogP contribution in [0.2, 0.25) is 0 Å². The van der Waals surface area contributed by atoms with Crippen LogP contribution in [0.1, 0.15) is 136 Å². The molecular formula is C50H88BrNO17. The van der Waals surface area contributed by atoms with Crippen molar-refractivity contribution in [1.82, 2.24) is 4.90 Å². The second-order valence-corrected chi connectivity index (χ2v) is 17.5. The largest absolute Gasteiger partial charge is 0.463 e. The Morgan fingerprint density at radius 3 is 1.14 bits per heavy atom. The van der Waals surface area contributed by atoms with Gasteiger partial charge in [-0.25, -0.2) is 4.79 Å². The van der Waals surface area contributed by atoms with Crippen molar-refractivity contribution in [3.63, 3.8) is 0 Å². The summed E-state index contributed by atoms with van der Waals surface area (Å²) in [5.74, 6) is -4.10. The first kappa shape index (κ1) is 73.7. The molecule has 19 heteroatoms. The lowest BCUT2D eigenvalue weighted by molar-refractivity contribution is -0.193. The molecule has 0 aromatic heterocycles. The highest BCUT2D eigenvalue weighted by Gasteiger charge is 2.39. The number of carbonyl (C=O) groups excluding carboxylic acids is 10. The first-order valence-electron chi connectivity index (χ1n) is 24.0. The molecule has 0 aliphatic carbocycles. The highest BCUT2D eigenvalue weighted by atomic mass is 79.9. The first-order valence-corrected chi connectivity index (χ1v) is 25.1. The number of hydrogen-bond acceptors (Lipinski definition) is 18. The van der Waals surface area contributed by atoms with Crippen LogP contribution in [0.4, 0.5) is 0 Å². The van der Waals surface area contributed by atoms with Crippen molar-refractivity contribution >= 4 is 64.0 Å². The number of ether oxygens (including phenoxy) is 7. The molecule has 1 aliphatic heterocycles. The third-order valence-corrected chi connectivity index (χ3v) is 10.7. The van der Waals surface area contributed by atoms with Gasteiger partial charge in [0.15, 0.2) is 0 Å². The van der Waals surface area contributed by atoms with Crippen molar-refractivity contribution in [2.75, 3.05) is 64.6 Å². The zero-order chi connectivity index (χ0) is 54.5. The van der Waals surface area contributed by atoms with E-state index in [4.69, 9.17) is 52.3 Å². The summed E-state index contributed by atoms with van der Waals surface area (Å²) >= 11 is 3.16. The highest BCUT2D eigenvalue weighted by molar-refractivity contribution is 9.09. The summed E-state index contributed by atoms with van der Waals surface area (Å²) in [7, 11) is 0. The van der Waals surface area contributed by atoms with Crippen LogP contribution < -0.4 is 0 Å². The number of carbonyl (C=O) groups is 6. The van der Waals surface area contributed by atoms with Crippen LogP contribution in [0, 0.1) is 47.3 Å². The van der Waals surface area contributed by atoms with Gasteiger partial charge in [-0.05, 0) is 96.7 Å². The van der Waals surface area contributed by atoms with Gasteiger partial charge in [-0.3, -0.25) is 24.0 Å². The molecule has 1 saturated heterocycles. The predicted octanol–water partition coefficient (Wildman–Crippen LogP) is 7.87. The molecule has 0 bridgehead atoms. The van der Waals surface area contributed by atoms with Gasteiger partial charge in [0.2, 0.25) is 0 Å². The first-order chi connectivity index (χ1) is 32.5. The minimum absolute atomic E-state index is 0.0129. The normalized spacial score (nSPS) is 13.8. The van der Waals surface area contributed by atoms with Crippen LogP contribution in [-0.2, 0) is 81.1 Å². The maximum Gasteiger partial charge on any atom is 0.373 e. The molecule has 18 nitrogen and oxygen atoms in total. The lowest BCUT2D eigenvalue weighted by Gasteiger charge is -2.32. The molecule has 6 unspecified atom stereocenters. The molecule has 6 atom stereocenters. The van der Waals surface area contributed by atoms with E-state index in [9.17, 15) is 28.8 Å². The van der Waals surface area contributed by atoms with E-state index in [2.05, 4.69) is 48.2 Å². The smallest absolute Gasteiger partial charge is 0.373 e. The molecule has 69 heavy (non-hydrogen) atoms. The fourth-order valence-corrected chi connectivity index (χ4v) is 7.48. The molecule has 0 aromatic carbocycles. The molecule has 0 amide bonds. The number of esters is 6. The summed E-state index contributed by atoms with van der Waals surface area (Å²) in [6, 6.07) is 0. The third-order valence-electron chi connectivity index (χ3n) is 10.4. The van der Waals surface area contributed by atoms with Gasteiger partial charge in [0.05, 0.1) is 42.3 Å². The van der Waals surface area contributed by atoms with Crippen molar-refractivity contribution in [2.24, 2.45) is 47.3 Å². The second kappa shape index (κ2) is 48.7. The zero-order valence-electron chi connectivity index (χ0n) is 44.4. The Morgan fingerprint density at radius 1 is 0.580 bits per heavy atom. The molecular weight excluding hydrogens is 966 g/mol. The number of hydrogen-bond donors (Lipinski definition) is 0. The van der Waals surface area contributed by atoms with Crippen LogP contribution in [-0.4, -0.2) is 130 Å². The van der Waals surface area contributed by atoms with Crippen LogP contribution in [0.15, 0.2) is 12.7 Å². The van der Waals surface area contributed by atoms with E-state index < -0.39 is 29.6 Å². The molecule has 0 N–H and O–H groups in total. The molecule has 1 fully saturated rings. The average Bonchev–Trinajstić information content (AvgIpc) is 3.89. The maximum absolute atomic E-state index is 12.5. The molecule has 1 aliphatic rings. The van der Waals surface area contributed by atoms with Crippen molar-refractivity contribution in [3.8, 4) is 0 Å². The Kier molecular flexibility index (Phi) is 52.0. The molecule has 0 spiro atoms. The SMILES string of the molecule is C1CCOC1.C=CC(=O)OCCOC(=O)C(CC)C(C(C)C)C(C)C(=O)OC(C)C.CCC(C(=O)OCCOC(=O)CCBr)C(C(C)C)C(C)C(=O)OC(C)C.CCN(CC)CC.O=C=O.O=C=O. The third kappa shape index (κ3) is 40.2. The number of nitrogens with zero attached hydrogens (tertiary/aromatic N) is 1. The maximum atomic E-state index is 12.5. The number of halogens is 1. The van der Waals surface area contributed by atoms with Gasteiger partial charge in [0, 0.05) is 24.6 Å². The summed E-state index contributed by atoms with van der Waals surface area (Å²) in [6.45, 7) is 37.9. The zero-order valence-corrected chi connectivity index (χ0v) is 46.0. The summed E-state index contributed by atoms with van der Waals surface area (Å²) in [4.78, 5) is 107. The van der Waals surface area contributed by atoms with Gasteiger partial charge < -0.3 is 38.1 Å². The summed E-state index contributed by atoms with van der Waals surface area (Å²) in [5, 5.41) is 0.532. The average molecular weight is 1060 g/mol. The number of alkyl halides is 1. The van der Waals surface area contributed by atoms with Gasteiger partial charge in [-0.2, -0.15) is 19.2 Å². The van der Waals surface area contributed by atoms with Crippen LogP contribution >= 0.6 is 15.9 Å². The van der Waals surface area contributed by atoms with Crippen molar-refractivity contribution in [2.45, 2.75) is 148 Å². The van der Waals surface area contributed by atoms with Gasteiger partial charge in [0.1, 0.15) is 26.4 Å². The topological polar surface area (TPSA) is 239 Å². The van der Waals surface area contributed by atoms with Gasteiger partial charge in [0.25, 0.3) is 0 Å². The monoisotopic (exact) mass is 1050 g/mol. The van der Waals surface area contributed by atoms with Crippen molar-refractivity contribution in [1.29, 1.82) is 0 Å². The van der Waals surface area contributed by atoms with E-state index in [1.165, 1.54) is 32.5 Å². The standard InChI is InChI=1S/C19H33BrO6.C19H32O6.C6H15N.C4H8O.2CO2/c1-7-15(19(23)25-11-10-24-16(21)8-9-20)17(12(2)3)14(6)18(22)26-13(4)5;1-8-15(19(22)24-11-10-23-16(20)9-2)17(12(3)4)14(7)18(21)25-13(5)6;1-4-7(5-2)6-3;1-2-4-5-3-1;2*2-1-3/h12-15,17H,7-11H2,1-6H3;9,12-15,17H,2,8,10-11H2,1,3-7H3;4-6H2,1-3H3;1-4H2;;. The number of rotatable bonds is 26. The minimum atomic E-state index is -0.562. The van der Waals surface area contributed by atoms with E-state index in [0.717, 1.165) is 19.3 Å². The predicted molar refractivity (Wildman–Crippen MR) is 261 cm³/mol. The fraction of sp³-hybridized carbons (Fsp3) is 0.800. The van der Waals surface area contributed by atoms with Crippen LogP contribution in [0.25, 0.3) is 0 Å². The van der Waals surface area contributed by atoms with Gasteiger partial charge in [-0.15, -0.1) is 0 Å². The lowest BCUT2D eigenvalue weighted by atomic mass is 9.74. The van der Waals surface area contributed by atoms with Crippen molar-refractivity contribution in [3.05, 3.63) is 12.7 Å². The van der Waals surface area contributed by atoms with Gasteiger partial charge >= 0.3 is 48.1 Å². The molecule has 1 heterocycles. The lowest BCUT2D eigenvalue weighted by Crippen LogP contribution is -2.38. The van der Waals surface area contributed by atoms with E-state index >= 15 is 0 Å². The Labute approximate surface area is 421 Å². The molecule has 402 valence electrons. The second-order valence-electron chi connectivity index (χ2n) is 16.7. The Morgan fingerprint density at radius 2 is 0.913 bits per heavy atom. The summed E-state index contributed by atoms with van der Waals surface area (Å²) in [5.41, 5.74) is 0. The van der Waals surface area contributed by atoms with Gasteiger partial charge in [-0.1, -0.05) is 98.7 Å². The fourth-order valence-electron chi connectivity index (χ4n) is 7.15. The molecule has 0 aromatic rings. The minimum Gasteiger partial charge on any atom is -0.463 e. The van der Waals surface area contributed by atoms with E-state index in [-0.39, 0.29) is 111 Å². The van der Waals surface area contributed by atoms with Crippen LogP contribution in [0.5, 0.6) is 0 Å². The molecule has 0 radical (unpaired) electrons. The molecule has 1 rings (SSSR count). The quantitative estimate of drug-likeness (QED) is 0.0263. The summed E-state index contributed by atoms with van der Waals surface area (Å²) in [6.07, 6.45) is 5.09. The molecule has 0 saturated carbocycles. The van der Waals surface area contributed by atoms with E-state index in [0.29, 0.717) is 18.2 Å².